The smallest absolute Gasteiger partial charge is 0.381 e. The molecule has 1 amide bonds. The number of carbonyl (C=O) groups excluding carboxylic acids is 1. The molecule has 1 N–H and O–H groups in total. The third-order valence-corrected chi connectivity index (χ3v) is 7.53. The van der Waals surface area contributed by atoms with Gasteiger partial charge in [0.25, 0.3) is 0 Å². The summed E-state index contributed by atoms with van der Waals surface area (Å²) >= 11 is 0. The topological polar surface area (TPSA) is 90.3 Å². The summed E-state index contributed by atoms with van der Waals surface area (Å²) in [5, 5.41) is 5.48. The summed E-state index contributed by atoms with van der Waals surface area (Å²) in [7, 11) is -1.27. The van der Waals surface area contributed by atoms with Crippen molar-refractivity contribution in [1.29, 1.82) is 0 Å². The van der Waals surface area contributed by atoms with Gasteiger partial charge in [0.15, 0.2) is 9.84 Å². The first-order valence-corrected chi connectivity index (χ1v) is 10.8. The number of nitrogens with one attached hydrogen (secondary N) is 1. The highest BCUT2D eigenvalue weighted by Gasteiger charge is 2.42. The average Bonchev–Trinajstić information content (AvgIpc) is 3.36. The number of benzene rings is 1. The number of halogens is 3. The van der Waals surface area contributed by atoms with E-state index in [4.69, 9.17) is 4.74 Å². The van der Waals surface area contributed by atoms with Crippen molar-refractivity contribution in [2.24, 2.45) is 0 Å². The lowest BCUT2D eigenvalue weighted by molar-refractivity contribution is -0.139. The van der Waals surface area contributed by atoms with Gasteiger partial charge in [-0.05, 0) is 37.0 Å². The summed E-state index contributed by atoms with van der Waals surface area (Å²) in [6.45, 7) is -0.0859. The van der Waals surface area contributed by atoms with Crippen LogP contribution in [0, 0.1) is 0 Å². The molecule has 0 aliphatic heterocycles. The molecule has 11 heteroatoms. The van der Waals surface area contributed by atoms with Crippen molar-refractivity contribution >= 4 is 15.7 Å². The van der Waals surface area contributed by atoms with Gasteiger partial charge >= 0.3 is 6.18 Å². The summed E-state index contributed by atoms with van der Waals surface area (Å²) in [5.41, 5.74) is -0.709. The van der Waals surface area contributed by atoms with Crippen LogP contribution in [0.3, 0.4) is 0 Å². The van der Waals surface area contributed by atoms with Gasteiger partial charge in [0.1, 0.15) is 6.54 Å². The molecule has 0 radical (unpaired) electrons. The summed E-state index contributed by atoms with van der Waals surface area (Å²) in [5.74, 6) is -0.312. The Balaban J connectivity index is 1.98. The summed E-state index contributed by atoms with van der Waals surface area (Å²) in [6, 6.07) is 3.15. The molecule has 7 nitrogen and oxygen atoms in total. The molecular formula is C19H22F3N3O4S. The molecule has 0 spiro atoms. The standard InChI is InChI=1S/C19H22F3N3O4S/c1-23-18(26)11-25-10-13(9-24-25)12-3-6-17(16(7-12)19(20,21)22)30(27,28)15-5-4-14(8-15)29-2/h3,6-7,9-10,14-15H,4-5,8,11H2,1-2H3,(H,23,26). The zero-order valence-electron chi connectivity index (χ0n) is 16.4. The molecule has 3 rings (SSSR count). The van der Waals surface area contributed by atoms with Crippen LogP contribution in [0.4, 0.5) is 13.2 Å². The van der Waals surface area contributed by atoms with Crippen molar-refractivity contribution in [2.45, 2.75) is 48.2 Å². The van der Waals surface area contributed by atoms with Crippen LogP contribution < -0.4 is 5.32 Å². The fourth-order valence-electron chi connectivity index (χ4n) is 3.58. The van der Waals surface area contributed by atoms with Gasteiger partial charge in [-0.1, -0.05) is 6.07 Å². The van der Waals surface area contributed by atoms with E-state index in [9.17, 15) is 26.4 Å². The number of aromatic nitrogens is 2. The third kappa shape index (κ3) is 4.51. The molecule has 2 aromatic rings. The molecule has 1 fully saturated rings. The van der Waals surface area contributed by atoms with Crippen LogP contribution in [0.25, 0.3) is 11.1 Å². The van der Waals surface area contributed by atoms with Crippen LogP contribution in [0.15, 0.2) is 35.5 Å². The Morgan fingerprint density at radius 1 is 1.30 bits per heavy atom. The minimum atomic E-state index is -4.85. The summed E-state index contributed by atoms with van der Waals surface area (Å²) < 4.78 is 73.6. The van der Waals surface area contributed by atoms with Gasteiger partial charge < -0.3 is 10.1 Å². The van der Waals surface area contributed by atoms with E-state index in [1.165, 1.54) is 37.3 Å². The Labute approximate surface area is 172 Å². The largest absolute Gasteiger partial charge is 0.417 e. The van der Waals surface area contributed by atoms with Gasteiger partial charge in [0, 0.05) is 25.9 Å². The van der Waals surface area contributed by atoms with Crippen molar-refractivity contribution in [1.82, 2.24) is 15.1 Å². The van der Waals surface area contributed by atoms with Crippen LogP contribution >= 0.6 is 0 Å². The molecule has 1 aliphatic rings. The Morgan fingerprint density at radius 2 is 2.03 bits per heavy atom. The van der Waals surface area contributed by atoms with Gasteiger partial charge in [-0.25, -0.2) is 8.42 Å². The first-order chi connectivity index (χ1) is 14.1. The van der Waals surface area contributed by atoms with Gasteiger partial charge in [0.05, 0.1) is 28.0 Å². The average molecular weight is 445 g/mol. The Morgan fingerprint density at radius 3 is 2.63 bits per heavy atom. The third-order valence-electron chi connectivity index (χ3n) is 5.25. The van der Waals surface area contributed by atoms with E-state index in [1.807, 2.05) is 0 Å². The van der Waals surface area contributed by atoms with Crippen LogP contribution in [0.5, 0.6) is 0 Å². The second kappa shape index (κ2) is 8.38. The molecular weight excluding hydrogens is 423 g/mol. The SMILES string of the molecule is CNC(=O)Cn1cc(-c2ccc(S(=O)(=O)C3CCC(OC)C3)c(C(F)(F)F)c2)cn1. The highest BCUT2D eigenvalue weighted by molar-refractivity contribution is 7.92. The molecule has 1 aromatic heterocycles. The zero-order chi connectivity index (χ0) is 22.1. The van der Waals surface area contributed by atoms with Crippen molar-refractivity contribution in [3.63, 3.8) is 0 Å². The van der Waals surface area contributed by atoms with Crippen molar-refractivity contribution in [2.75, 3.05) is 14.2 Å². The number of likely N-dealkylation sites (N-methyl/N-ethyl adjacent to an activating group) is 1. The highest BCUT2D eigenvalue weighted by atomic mass is 32.2. The number of alkyl halides is 3. The summed E-state index contributed by atoms with van der Waals surface area (Å²) in [6.07, 6.45) is -1.45. The van der Waals surface area contributed by atoms with Crippen molar-refractivity contribution in [3.05, 3.63) is 36.2 Å². The van der Waals surface area contributed by atoms with Gasteiger partial charge in [-0.15, -0.1) is 0 Å². The molecule has 0 saturated heterocycles. The maximum atomic E-state index is 13.8. The number of nitrogens with zero attached hydrogens (tertiary/aromatic N) is 2. The monoisotopic (exact) mass is 445 g/mol. The van der Waals surface area contributed by atoms with E-state index >= 15 is 0 Å². The number of ether oxygens (including phenoxy) is 1. The van der Waals surface area contributed by atoms with Crippen LogP contribution in [0.1, 0.15) is 24.8 Å². The molecule has 2 atom stereocenters. The molecule has 164 valence electrons. The number of sulfone groups is 1. The van der Waals surface area contributed by atoms with Crippen LogP contribution in [-0.2, 0) is 32.1 Å². The van der Waals surface area contributed by atoms with E-state index in [0.717, 1.165) is 12.1 Å². The second-order valence-corrected chi connectivity index (χ2v) is 9.34. The van der Waals surface area contributed by atoms with Crippen molar-refractivity contribution < 1.29 is 31.1 Å². The fourth-order valence-corrected chi connectivity index (χ4v) is 5.59. The van der Waals surface area contributed by atoms with Gasteiger partial charge in [-0.3, -0.25) is 9.48 Å². The molecule has 30 heavy (non-hydrogen) atoms. The normalized spacial score (nSPS) is 19.8. The summed E-state index contributed by atoms with van der Waals surface area (Å²) in [4.78, 5) is 10.7. The van der Waals surface area contributed by atoms with Crippen LogP contribution in [-0.4, -0.2) is 49.6 Å². The predicted molar refractivity (Wildman–Crippen MR) is 102 cm³/mol. The quantitative estimate of drug-likeness (QED) is 0.738. The van der Waals surface area contributed by atoms with E-state index < -0.39 is 31.7 Å². The Kier molecular flexibility index (Phi) is 6.23. The number of carbonyl (C=O) groups is 1. The lowest BCUT2D eigenvalue weighted by Gasteiger charge is -2.18. The lowest BCUT2D eigenvalue weighted by Crippen LogP contribution is -2.23. The first kappa shape index (κ1) is 22.3. The maximum Gasteiger partial charge on any atom is 0.417 e. The lowest BCUT2D eigenvalue weighted by atomic mass is 10.1. The number of amides is 1. The van der Waals surface area contributed by atoms with E-state index in [0.29, 0.717) is 12.0 Å². The highest BCUT2D eigenvalue weighted by Crippen LogP contribution is 2.40. The minimum absolute atomic E-state index is 0.0859. The molecule has 1 saturated carbocycles. The minimum Gasteiger partial charge on any atom is -0.381 e. The van der Waals surface area contributed by atoms with Crippen molar-refractivity contribution in [3.8, 4) is 11.1 Å². The molecule has 0 bridgehead atoms. The maximum absolute atomic E-state index is 13.8. The Hall–Kier alpha value is -2.40. The Bertz CT molecular complexity index is 1030. The van der Waals surface area contributed by atoms with E-state index in [-0.39, 0.29) is 37.0 Å². The van der Waals surface area contributed by atoms with E-state index in [1.54, 1.807) is 0 Å². The molecule has 1 aliphatic carbocycles. The van der Waals surface area contributed by atoms with Crippen LogP contribution in [0.2, 0.25) is 0 Å². The number of hydrogen-bond donors (Lipinski definition) is 1. The zero-order valence-corrected chi connectivity index (χ0v) is 17.3. The molecule has 1 heterocycles. The number of hydrogen-bond acceptors (Lipinski definition) is 5. The van der Waals surface area contributed by atoms with Gasteiger partial charge in [0.2, 0.25) is 5.91 Å². The fraction of sp³-hybridized carbons (Fsp3) is 0.474. The molecule has 1 aromatic carbocycles. The molecule has 2 unspecified atom stereocenters. The first-order valence-electron chi connectivity index (χ1n) is 9.27. The van der Waals surface area contributed by atoms with Gasteiger partial charge in [-0.2, -0.15) is 18.3 Å². The predicted octanol–water partition coefficient (Wildman–Crippen LogP) is 2.66. The second-order valence-electron chi connectivity index (χ2n) is 7.15. The number of methoxy groups -OCH3 is 1. The number of rotatable bonds is 6. The van der Waals surface area contributed by atoms with E-state index in [2.05, 4.69) is 10.4 Å².